The van der Waals surface area contributed by atoms with Crippen molar-refractivity contribution in [2.45, 2.75) is 49.4 Å². The first-order valence-corrected chi connectivity index (χ1v) is 11.5. The molecule has 0 aliphatic carbocycles. The molecule has 2 aromatic heterocycles. The smallest absolute Gasteiger partial charge is 0.332 e. The van der Waals surface area contributed by atoms with Gasteiger partial charge in [0, 0.05) is 47.2 Å². The van der Waals surface area contributed by atoms with Crippen LogP contribution in [0.3, 0.4) is 0 Å². The summed E-state index contributed by atoms with van der Waals surface area (Å²) in [6.07, 6.45) is 1.43. The lowest BCUT2D eigenvalue weighted by Gasteiger charge is -2.16. The van der Waals surface area contributed by atoms with E-state index in [1.54, 1.807) is 11.8 Å². The van der Waals surface area contributed by atoms with Crippen LogP contribution in [0.2, 0.25) is 0 Å². The normalized spacial score (nSPS) is 19.8. The number of carbonyl (C=O) groups excluding carboxylic acids is 1. The summed E-state index contributed by atoms with van der Waals surface area (Å²) < 4.78 is 31.9. The van der Waals surface area contributed by atoms with Gasteiger partial charge in [0.25, 0.3) is 5.56 Å². The number of nitrogens with zero attached hydrogens (tertiary/aromatic N) is 3. The minimum absolute atomic E-state index is 0.189. The maximum Gasteiger partial charge on any atom is 0.332 e. The summed E-state index contributed by atoms with van der Waals surface area (Å²) in [5.41, 5.74) is -0.863. The van der Waals surface area contributed by atoms with Gasteiger partial charge in [-0.15, -0.1) is 11.3 Å². The summed E-state index contributed by atoms with van der Waals surface area (Å²) in [7, 11) is 0. The lowest BCUT2D eigenvalue weighted by molar-refractivity contribution is 0.0926. The lowest BCUT2D eigenvalue weighted by atomic mass is 10.2. The second-order valence-electron chi connectivity index (χ2n) is 7.52. The Morgan fingerprint density at radius 1 is 1.30 bits per heavy atom. The van der Waals surface area contributed by atoms with Crippen molar-refractivity contribution < 1.29 is 18.3 Å². The van der Waals surface area contributed by atoms with Gasteiger partial charge in [0.2, 0.25) is 0 Å². The van der Waals surface area contributed by atoms with E-state index in [4.69, 9.17) is 4.74 Å². The average Bonchev–Trinajstić information content (AvgIpc) is 3.38. The van der Waals surface area contributed by atoms with Crippen LogP contribution in [0.4, 0.5) is 13.6 Å². The zero-order chi connectivity index (χ0) is 21.6. The monoisotopic (exact) mass is 554 g/mol. The van der Waals surface area contributed by atoms with Gasteiger partial charge in [-0.3, -0.25) is 13.9 Å². The number of carbonyl (C=O) groups is 1. The fourth-order valence-electron chi connectivity index (χ4n) is 3.90. The minimum atomic E-state index is -3.24. The number of alkyl halides is 3. The second-order valence-corrected chi connectivity index (χ2v) is 10.2. The van der Waals surface area contributed by atoms with E-state index < -0.39 is 21.7 Å². The molecule has 1 atom stereocenters. The summed E-state index contributed by atoms with van der Waals surface area (Å²) in [4.78, 5) is 40.9. The van der Waals surface area contributed by atoms with Crippen molar-refractivity contribution in [3.05, 3.63) is 31.3 Å². The number of rotatable bonds is 6. The number of halogens is 3. The average molecular weight is 554 g/mol. The molecule has 30 heavy (non-hydrogen) atoms. The molecule has 12 heteroatoms. The predicted molar refractivity (Wildman–Crippen MR) is 117 cm³/mol. The van der Waals surface area contributed by atoms with Gasteiger partial charge in [-0.1, -0.05) is 0 Å². The fraction of sp³-hybridized carbons (Fsp3) is 0.611. The van der Waals surface area contributed by atoms with Gasteiger partial charge in [0.1, 0.15) is 11.4 Å². The Bertz CT molecular complexity index is 1100. The Labute approximate surface area is 187 Å². The number of ether oxygens (including phenoxy) is 1. The van der Waals surface area contributed by atoms with Crippen LogP contribution in [0.5, 0.6) is 0 Å². The van der Waals surface area contributed by atoms with Gasteiger partial charge < -0.3 is 15.0 Å². The third-order valence-corrected chi connectivity index (χ3v) is 7.06. The number of hydrogen-bond acceptors (Lipinski definition) is 5. The highest BCUT2D eigenvalue weighted by atomic mass is 127. The van der Waals surface area contributed by atoms with Gasteiger partial charge in [0.15, 0.2) is 0 Å². The molecular weight excluding hydrogens is 533 g/mol. The molecule has 4 heterocycles. The number of hydrogen-bond donors (Lipinski definition) is 1. The minimum Gasteiger partial charge on any atom is -0.376 e. The van der Waals surface area contributed by atoms with Gasteiger partial charge in [0.05, 0.1) is 24.6 Å². The van der Waals surface area contributed by atoms with E-state index in [1.807, 2.05) is 0 Å². The maximum atomic E-state index is 13.7. The van der Waals surface area contributed by atoms with E-state index >= 15 is 0 Å². The molecule has 0 spiro atoms. The zero-order valence-electron chi connectivity index (χ0n) is 16.3. The topological polar surface area (TPSA) is 85.6 Å². The van der Waals surface area contributed by atoms with Crippen LogP contribution in [0.15, 0.2) is 9.59 Å². The van der Waals surface area contributed by atoms with Crippen LogP contribution in [0, 0.1) is 6.92 Å². The van der Waals surface area contributed by atoms with Crippen molar-refractivity contribution in [3.8, 4) is 0 Å². The van der Waals surface area contributed by atoms with Crippen molar-refractivity contribution >= 4 is 50.2 Å². The molecule has 2 aliphatic heterocycles. The molecule has 1 N–H and O–H groups in total. The second kappa shape index (κ2) is 8.19. The highest BCUT2D eigenvalue weighted by Crippen LogP contribution is 2.31. The molecule has 0 saturated carbocycles. The van der Waals surface area contributed by atoms with Gasteiger partial charge >= 0.3 is 15.7 Å². The summed E-state index contributed by atoms with van der Waals surface area (Å²) in [5, 5.41) is 2.99. The molecule has 1 unspecified atom stereocenters. The highest BCUT2D eigenvalue weighted by molar-refractivity contribution is 14.1. The van der Waals surface area contributed by atoms with Crippen LogP contribution in [0.1, 0.15) is 23.3 Å². The maximum absolute atomic E-state index is 13.7. The Kier molecular flexibility index (Phi) is 5.92. The number of urea groups is 1. The van der Waals surface area contributed by atoms with E-state index in [9.17, 15) is 23.2 Å². The molecule has 0 aromatic carbocycles. The number of nitrogens with one attached hydrogen (secondary N) is 1. The first kappa shape index (κ1) is 21.7. The predicted octanol–water partition coefficient (Wildman–Crippen LogP) is 2.27. The van der Waals surface area contributed by atoms with Gasteiger partial charge in [-0.2, -0.15) is 8.78 Å². The van der Waals surface area contributed by atoms with Crippen LogP contribution in [-0.2, 0) is 24.4 Å². The Balaban J connectivity index is 1.87. The van der Waals surface area contributed by atoms with E-state index in [2.05, 4.69) is 5.32 Å². The summed E-state index contributed by atoms with van der Waals surface area (Å²) in [6, 6.07) is -0.189. The van der Waals surface area contributed by atoms with Crippen molar-refractivity contribution in [1.29, 1.82) is 0 Å². The van der Waals surface area contributed by atoms with E-state index in [-0.39, 0.29) is 24.1 Å². The van der Waals surface area contributed by atoms with Crippen molar-refractivity contribution in [2.75, 3.05) is 19.7 Å². The number of aromatic nitrogens is 2. The quantitative estimate of drug-likeness (QED) is 0.439. The number of fused-ring (bicyclic) bond motifs is 1. The third kappa shape index (κ3) is 4.13. The van der Waals surface area contributed by atoms with Crippen LogP contribution >= 0.6 is 33.9 Å². The molecule has 8 nitrogen and oxygen atoms in total. The molecule has 0 bridgehead atoms. The van der Waals surface area contributed by atoms with Gasteiger partial charge in [-0.25, -0.2) is 9.59 Å². The van der Waals surface area contributed by atoms with Gasteiger partial charge in [-0.05, 0) is 25.3 Å². The van der Waals surface area contributed by atoms with Crippen LogP contribution in [0.25, 0.3) is 10.2 Å². The van der Waals surface area contributed by atoms with Crippen molar-refractivity contribution in [1.82, 2.24) is 19.4 Å². The van der Waals surface area contributed by atoms with E-state index in [0.29, 0.717) is 41.2 Å². The van der Waals surface area contributed by atoms with Crippen molar-refractivity contribution in [3.63, 3.8) is 0 Å². The number of thiophene rings is 1. The molecule has 2 aromatic rings. The molecule has 0 radical (unpaired) electrons. The molecule has 2 fully saturated rings. The van der Waals surface area contributed by atoms with E-state index in [0.717, 1.165) is 40.3 Å². The standard InChI is InChI=1S/C18H21F2IN4O4S/c1-10-12(8-23-5-4-22-16(23)27)30-15-13(10)14(26)25(9-18(19,20)21)17(28)24(15)7-11-3-2-6-29-11/h11H,2-9H2,1H3,(H,22,27). The zero-order valence-corrected chi connectivity index (χ0v) is 19.2. The highest BCUT2D eigenvalue weighted by Gasteiger charge is 2.30. The van der Waals surface area contributed by atoms with Crippen LogP contribution < -0.4 is 16.6 Å². The van der Waals surface area contributed by atoms with Crippen LogP contribution in [-0.4, -0.2) is 49.8 Å². The third-order valence-electron chi connectivity index (χ3n) is 5.42. The molecule has 2 amide bonds. The van der Waals surface area contributed by atoms with E-state index in [1.165, 1.54) is 15.9 Å². The molecule has 2 saturated heterocycles. The Morgan fingerprint density at radius 2 is 2.07 bits per heavy atom. The SMILES string of the molecule is Cc1c(CN2CCNC2=O)sc2c1c(=O)n(CC(F)(F)I)c(=O)n2CC1CCCO1. The fourth-order valence-corrected chi connectivity index (χ4v) is 5.55. The first-order chi connectivity index (χ1) is 14.2. The lowest BCUT2D eigenvalue weighted by Crippen LogP contribution is -2.43. The molecule has 164 valence electrons. The molecular formula is C18H21F2IN4O4S. The number of amides is 2. The molecule has 2 aliphatic rings. The first-order valence-electron chi connectivity index (χ1n) is 9.62. The Morgan fingerprint density at radius 3 is 2.67 bits per heavy atom. The molecule has 4 rings (SSSR count). The summed E-state index contributed by atoms with van der Waals surface area (Å²) >= 11 is 2.19. The Hall–Kier alpha value is -1.54. The largest absolute Gasteiger partial charge is 0.376 e. The van der Waals surface area contributed by atoms with Crippen molar-refractivity contribution in [2.24, 2.45) is 0 Å². The number of aryl methyl sites for hydroxylation is 1. The summed E-state index contributed by atoms with van der Waals surface area (Å²) in [6.45, 7) is 2.92. The summed E-state index contributed by atoms with van der Waals surface area (Å²) in [5.74, 6) is 0.